The van der Waals surface area contributed by atoms with Crippen molar-refractivity contribution in [1.82, 2.24) is 4.90 Å². The Bertz CT molecular complexity index is 138. The Morgan fingerprint density at radius 2 is 2.25 bits per heavy atom. The molecule has 0 aromatic heterocycles. The number of hydrogen-bond acceptors (Lipinski definition) is 3. The first-order chi connectivity index (χ1) is 5.65. The first kappa shape index (κ1) is 9.96. The van der Waals surface area contributed by atoms with Crippen molar-refractivity contribution < 1.29 is 5.11 Å². The van der Waals surface area contributed by atoms with Crippen LogP contribution in [0.1, 0.15) is 20.3 Å². The van der Waals surface area contributed by atoms with Crippen LogP contribution in [-0.4, -0.2) is 41.8 Å². The molecule has 0 aromatic rings. The van der Waals surface area contributed by atoms with Gasteiger partial charge in [-0.3, -0.25) is 4.90 Å². The molecule has 0 radical (unpaired) electrons. The lowest BCUT2D eigenvalue weighted by Gasteiger charge is -2.22. The SMILES string of the molecule is CC(N)C1CCN(C(C)CO)C1. The van der Waals surface area contributed by atoms with E-state index in [1.54, 1.807) is 0 Å². The van der Waals surface area contributed by atoms with Crippen LogP contribution in [0.15, 0.2) is 0 Å². The summed E-state index contributed by atoms with van der Waals surface area (Å²) in [6, 6.07) is 0.592. The fourth-order valence-corrected chi connectivity index (χ4v) is 1.76. The minimum absolute atomic E-state index is 0.256. The second-order valence-electron chi connectivity index (χ2n) is 3.93. The molecule has 0 bridgehead atoms. The Labute approximate surface area is 74.5 Å². The zero-order chi connectivity index (χ0) is 9.14. The van der Waals surface area contributed by atoms with Gasteiger partial charge in [-0.25, -0.2) is 0 Å². The van der Waals surface area contributed by atoms with Crippen molar-refractivity contribution in [2.75, 3.05) is 19.7 Å². The highest BCUT2D eigenvalue weighted by molar-refractivity contribution is 4.83. The number of hydrogen-bond donors (Lipinski definition) is 2. The number of rotatable bonds is 3. The van der Waals surface area contributed by atoms with Crippen LogP contribution in [-0.2, 0) is 0 Å². The fourth-order valence-electron chi connectivity index (χ4n) is 1.76. The molecular formula is C9H20N2O. The van der Waals surface area contributed by atoms with Crippen LogP contribution in [0, 0.1) is 5.92 Å². The summed E-state index contributed by atoms with van der Waals surface area (Å²) in [5.74, 6) is 0.624. The quantitative estimate of drug-likeness (QED) is 0.632. The lowest BCUT2D eigenvalue weighted by atomic mass is 10.0. The maximum absolute atomic E-state index is 8.95. The molecule has 1 aliphatic heterocycles. The Morgan fingerprint density at radius 3 is 2.67 bits per heavy atom. The van der Waals surface area contributed by atoms with E-state index in [0.29, 0.717) is 18.0 Å². The van der Waals surface area contributed by atoms with E-state index in [1.165, 1.54) is 6.42 Å². The van der Waals surface area contributed by atoms with Gasteiger partial charge in [0.05, 0.1) is 6.61 Å². The molecule has 3 heteroatoms. The molecule has 1 rings (SSSR count). The summed E-state index contributed by atoms with van der Waals surface area (Å²) in [5, 5.41) is 8.95. The number of aliphatic hydroxyl groups excluding tert-OH is 1. The second-order valence-corrected chi connectivity index (χ2v) is 3.93. The summed E-state index contributed by atoms with van der Waals surface area (Å²) in [6.07, 6.45) is 1.18. The summed E-state index contributed by atoms with van der Waals surface area (Å²) in [5.41, 5.74) is 5.81. The predicted molar refractivity (Wildman–Crippen MR) is 49.9 cm³/mol. The third kappa shape index (κ3) is 2.19. The molecule has 1 fully saturated rings. The van der Waals surface area contributed by atoms with Crippen molar-refractivity contribution in [3.63, 3.8) is 0 Å². The molecule has 1 heterocycles. The van der Waals surface area contributed by atoms with Gasteiger partial charge in [0.25, 0.3) is 0 Å². The van der Waals surface area contributed by atoms with E-state index < -0.39 is 0 Å². The van der Waals surface area contributed by atoms with Crippen LogP contribution in [0.2, 0.25) is 0 Å². The van der Waals surface area contributed by atoms with Gasteiger partial charge in [0, 0.05) is 18.6 Å². The smallest absolute Gasteiger partial charge is 0.0584 e. The van der Waals surface area contributed by atoms with Gasteiger partial charge in [-0.2, -0.15) is 0 Å². The first-order valence-corrected chi connectivity index (χ1v) is 4.75. The van der Waals surface area contributed by atoms with Crippen molar-refractivity contribution in [1.29, 1.82) is 0 Å². The first-order valence-electron chi connectivity index (χ1n) is 4.75. The lowest BCUT2D eigenvalue weighted by Crippen LogP contribution is -2.36. The van der Waals surface area contributed by atoms with Crippen LogP contribution in [0.5, 0.6) is 0 Å². The molecule has 0 spiro atoms. The van der Waals surface area contributed by atoms with Gasteiger partial charge < -0.3 is 10.8 Å². The minimum atomic E-state index is 0.256. The van der Waals surface area contributed by atoms with Gasteiger partial charge in [0.1, 0.15) is 0 Å². The predicted octanol–water partition coefficient (Wildman–Crippen LogP) is 0.0363. The van der Waals surface area contributed by atoms with E-state index in [2.05, 4.69) is 18.7 Å². The molecular weight excluding hydrogens is 152 g/mol. The summed E-state index contributed by atoms with van der Waals surface area (Å²) in [6.45, 7) is 6.53. The van der Waals surface area contributed by atoms with Gasteiger partial charge >= 0.3 is 0 Å². The molecule has 0 saturated carbocycles. The largest absolute Gasteiger partial charge is 0.395 e. The summed E-state index contributed by atoms with van der Waals surface area (Å²) < 4.78 is 0. The number of likely N-dealkylation sites (tertiary alicyclic amines) is 1. The van der Waals surface area contributed by atoms with Crippen molar-refractivity contribution in [2.24, 2.45) is 11.7 Å². The Morgan fingerprint density at radius 1 is 1.58 bits per heavy atom. The minimum Gasteiger partial charge on any atom is -0.395 e. The monoisotopic (exact) mass is 172 g/mol. The summed E-state index contributed by atoms with van der Waals surface area (Å²) in [4.78, 5) is 2.31. The normalized spacial score (nSPS) is 30.5. The van der Waals surface area contributed by atoms with Gasteiger partial charge in [-0.05, 0) is 32.7 Å². The Hall–Kier alpha value is -0.120. The fraction of sp³-hybridized carbons (Fsp3) is 1.00. The third-order valence-electron chi connectivity index (χ3n) is 2.89. The topological polar surface area (TPSA) is 49.5 Å². The van der Waals surface area contributed by atoms with Crippen molar-refractivity contribution >= 4 is 0 Å². The summed E-state index contributed by atoms with van der Waals surface area (Å²) >= 11 is 0. The highest BCUT2D eigenvalue weighted by Gasteiger charge is 2.27. The number of aliphatic hydroxyl groups is 1. The van der Waals surface area contributed by atoms with Crippen molar-refractivity contribution in [3.05, 3.63) is 0 Å². The molecule has 3 unspecified atom stereocenters. The lowest BCUT2D eigenvalue weighted by molar-refractivity contribution is 0.153. The van der Waals surface area contributed by atoms with E-state index >= 15 is 0 Å². The van der Waals surface area contributed by atoms with Crippen LogP contribution < -0.4 is 5.73 Å². The average molecular weight is 172 g/mol. The molecule has 72 valence electrons. The van der Waals surface area contributed by atoms with E-state index in [9.17, 15) is 0 Å². The van der Waals surface area contributed by atoms with Gasteiger partial charge in [0.2, 0.25) is 0 Å². The maximum atomic E-state index is 8.95. The van der Waals surface area contributed by atoms with E-state index in [1.807, 2.05) is 0 Å². The average Bonchev–Trinajstić information content (AvgIpc) is 2.51. The molecule has 12 heavy (non-hydrogen) atoms. The number of nitrogens with two attached hydrogens (primary N) is 1. The molecule has 0 aliphatic carbocycles. The second kappa shape index (κ2) is 4.21. The Balaban J connectivity index is 2.35. The zero-order valence-corrected chi connectivity index (χ0v) is 8.03. The molecule has 3 N–H and O–H groups in total. The van der Waals surface area contributed by atoms with Gasteiger partial charge in [0.15, 0.2) is 0 Å². The molecule has 3 atom stereocenters. The van der Waals surface area contributed by atoms with Crippen LogP contribution in [0.25, 0.3) is 0 Å². The van der Waals surface area contributed by atoms with Crippen LogP contribution in [0.4, 0.5) is 0 Å². The zero-order valence-electron chi connectivity index (χ0n) is 8.03. The molecule has 3 nitrogen and oxygen atoms in total. The van der Waals surface area contributed by atoms with E-state index in [4.69, 9.17) is 10.8 Å². The standard InChI is InChI=1S/C9H20N2O/c1-7(6-12)11-4-3-9(5-11)8(2)10/h7-9,12H,3-6,10H2,1-2H3. The maximum Gasteiger partial charge on any atom is 0.0584 e. The molecule has 0 amide bonds. The van der Waals surface area contributed by atoms with E-state index in [0.717, 1.165) is 13.1 Å². The van der Waals surface area contributed by atoms with Gasteiger partial charge in [-0.15, -0.1) is 0 Å². The van der Waals surface area contributed by atoms with Crippen LogP contribution in [0.3, 0.4) is 0 Å². The molecule has 1 saturated heterocycles. The van der Waals surface area contributed by atoms with E-state index in [-0.39, 0.29) is 6.61 Å². The van der Waals surface area contributed by atoms with Crippen LogP contribution >= 0.6 is 0 Å². The molecule has 1 aliphatic rings. The highest BCUT2D eigenvalue weighted by atomic mass is 16.3. The van der Waals surface area contributed by atoms with Gasteiger partial charge in [-0.1, -0.05) is 0 Å². The molecule has 0 aromatic carbocycles. The number of nitrogens with zero attached hydrogens (tertiary/aromatic N) is 1. The van der Waals surface area contributed by atoms with Crippen molar-refractivity contribution in [3.8, 4) is 0 Å². The third-order valence-corrected chi connectivity index (χ3v) is 2.89. The Kier molecular flexibility index (Phi) is 3.50. The van der Waals surface area contributed by atoms with Crippen molar-refractivity contribution in [2.45, 2.75) is 32.4 Å². The highest BCUT2D eigenvalue weighted by Crippen LogP contribution is 2.20. The summed E-state index contributed by atoms with van der Waals surface area (Å²) in [7, 11) is 0.